The molecular weight excluding hydrogens is 721 g/mol. The Bertz CT molecular complexity index is 994. The zero-order valence-electron chi connectivity index (χ0n) is 37.4. The number of hydrogen-bond donors (Lipinski definition) is 1. The molecule has 56 heavy (non-hydrogen) atoms. The van der Waals surface area contributed by atoms with Gasteiger partial charge in [-0.25, -0.2) is 4.57 Å². The number of ether oxygens (including phenoxy) is 2. The second-order valence-corrected chi connectivity index (χ2v) is 18.2. The maximum absolute atomic E-state index is 12.7. The van der Waals surface area contributed by atoms with Crippen LogP contribution in [0.2, 0.25) is 0 Å². The molecule has 8 nitrogen and oxygen atoms in total. The first kappa shape index (κ1) is 54.7. The Balaban J connectivity index is 4.18. The molecule has 0 saturated heterocycles. The van der Waals surface area contributed by atoms with Gasteiger partial charge in [-0.3, -0.25) is 13.8 Å². The first-order valence-corrected chi connectivity index (χ1v) is 24.7. The number of phosphoric acid groups is 1. The van der Waals surface area contributed by atoms with Crippen LogP contribution in [-0.2, 0) is 27.9 Å². The van der Waals surface area contributed by atoms with Crippen molar-refractivity contribution in [3.63, 3.8) is 0 Å². The minimum Gasteiger partial charge on any atom is -0.457 e. The molecule has 0 saturated carbocycles. The van der Waals surface area contributed by atoms with Crippen molar-refractivity contribution >= 4 is 13.8 Å². The maximum Gasteiger partial charge on any atom is 0.472 e. The van der Waals surface area contributed by atoms with Gasteiger partial charge in [-0.2, -0.15) is 0 Å². The Hall–Kier alpha value is -1.28. The highest BCUT2D eigenvalue weighted by atomic mass is 31.2. The molecule has 0 radical (unpaired) electrons. The van der Waals surface area contributed by atoms with Gasteiger partial charge in [0.1, 0.15) is 19.3 Å². The molecular formula is C47H91NO7P+. The highest BCUT2D eigenvalue weighted by Crippen LogP contribution is 2.43. The number of carbonyl (C=O) groups is 1. The Labute approximate surface area is 346 Å². The van der Waals surface area contributed by atoms with Crippen LogP contribution in [0.5, 0.6) is 0 Å². The van der Waals surface area contributed by atoms with E-state index in [1.807, 2.05) is 21.1 Å². The molecule has 2 unspecified atom stereocenters. The van der Waals surface area contributed by atoms with Gasteiger partial charge in [-0.05, 0) is 64.2 Å². The van der Waals surface area contributed by atoms with E-state index in [1.54, 1.807) is 0 Å². The minimum absolute atomic E-state index is 0.0856. The Morgan fingerprint density at radius 1 is 0.554 bits per heavy atom. The lowest BCUT2D eigenvalue weighted by Crippen LogP contribution is -2.37. The van der Waals surface area contributed by atoms with E-state index in [1.165, 1.54) is 122 Å². The van der Waals surface area contributed by atoms with Gasteiger partial charge in [0.2, 0.25) is 0 Å². The average Bonchev–Trinajstić information content (AvgIpc) is 3.15. The standard InChI is InChI=1S/C47H90NO7P/c1-6-8-10-12-14-16-18-20-22-23-24-25-26-27-29-31-33-35-37-39-42-52-44-46(45-54-56(50,51)53-43-41-48(3,4)5)55-47(49)40-38-36-34-32-30-28-21-19-17-15-13-11-9-7-2/h13,15,19-22,46H,6-12,14,16-18,23-45H2,1-5H3/p+1/b15-13-,21-19-,22-20-. The number of nitrogens with zero attached hydrogens (tertiary/aromatic N) is 1. The third-order valence-electron chi connectivity index (χ3n) is 9.92. The molecule has 0 rings (SSSR count). The number of allylic oxidation sites excluding steroid dienone is 6. The van der Waals surface area contributed by atoms with E-state index in [0.29, 0.717) is 24.1 Å². The Morgan fingerprint density at radius 2 is 1.00 bits per heavy atom. The fourth-order valence-electron chi connectivity index (χ4n) is 6.27. The zero-order chi connectivity index (χ0) is 41.3. The number of rotatable bonds is 43. The van der Waals surface area contributed by atoms with Gasteiger partial charge < -0.3 is 18.9 Å². The van der Waals surface area contributed by atoms with E-state index in [2.05, 4.69) is 50.3 Å². The van der Waals surface area contributed by atoms with Crippen LogP contribution >= 0.6 is 7.82 Å². The quantitative estimate of drug-likeness (QED) is 0.0215. The summed E-state index contributed by atoms with van der Waals surface area (Å²) in [6.07, 6.45) is 47.5. The van der Waals surface area contributed by atoms with Crippen LogP contribution in [0.3, 0.4) is 0 Å². The van der Waals surface area contributed by atoms with Crippen molar-refractivity contribution in [2.45, 2.75) is 206 Å². The van der Waals surface area contributed by atoms with Crippen molar-refractivity contribution in [2.75, 3.05) is 54.1 Å². The minimum atomic E-state index is -4.28. The van der Waals surface area contributed by atoms with Crippen molar-refractivity contribution in [2.24, 2.45) is 0 Å². The topological polar surface area (TPSA) is 91.3 Å². The molecule has 9 heteroatoms. The number of phosphoric ester groups is 1. The van der Waals surface area contributed by atoms with Gasteiger partial charge in [0, 0.05) is 13.0 Å². The molecule has 0 bridgehead atoms. The summed E-state index contributed by atoms with van der Waals surface area (Å²) in [6.45, 7) is 5.57. The van der Waals surface area contributed by atoms with Crippen LogP contribution < -0.4 is 0 Å². The first-order chi connectivity index (χ1) is 27.1. The summed E-state index contributed by atoms with van der Waals surface area (Å²) in [5.41, 5.74) is 0. The molecule has 0 fully saturated rings. The van der Waals surface area contributed by atoms with Crippen LogP contribution in [0.4, 0.5) is 0 Å². The van der Waals surface area contributed by atoms with Crippen molar-refractivity contribution in [3.05, 3.63) is 36.5 Å². The van der Waals surface area contributed by atoms with E-state index < -0.39 is 13.9 Å². The molecule has 0 aliphatic rings. The van der Waals surface area contributed by atoms with Gasteiger partial charge in [-0.1, -0.05) is 166 Å². The molecule has 0 aromatic heterocycles. The number of carbonyl (C=O) groups excluding carboxylic acids is 1. The van der Waals surface area contributed by atoms with Gasteiger partial charge >= 0.3 is 13.8 Å². The average molecular weight is 813 g/mol. The monoisotopic (exact) mass is 813 g/mol. The Kier molecular flexibility index (Phi) is 39.6. The van der Waals surface area contributed by atoms with Crippen LogP contribution in [-0.4, -0.2) is 75.6 Å². The number of esters is 1. The normalized spacial score (nSPS) is 14.0. The lowest BCUT2D eigenvalue weighted by molar-refractivity contribution is -0.870. The molecule has 0 amide bonds. The van der Waals surface area contributed by atoms with Crippen molar-refractivity contribution in [3.8, 4) is 0 Å². The molecule has 0 aromatic carbocycles. The van der Waals surface area contributed by atoms with Crippen LogP contribution in [0, 0.1) is 0 Å². The number of quaternary nitrogens is 1. The van der Waals surface area contributed by atoms with E-state index in [0.717, 1.165) is 57.8 Å². The summed E-state index contributed by atoms with van der Waals surface area (Å²) < 4.78 is 35.0. The zero-order valence-corrected chi connectivity index (χ0v) is 38.3. The summed E-state index contributed by atoms with van der Waals surface area (Å²) in [7, 11) is 1.66. The van der Waals surface area contributed by atoms with E-state index in [9.17, 15) is 14.3 Å². The molecule has 0 spiro atoms. The smallest absolute Gasteiger partial charge is 0.457 e. The molecule has 2 atom stereocenters. The van der Waals surface area contributed by atoms with E-state index in [-0.39, 0.29) is 25.8 Å². The summed E-state index contributed by atoms with van der Waals surface area (Å²) in [5.74, 6) is -0.327. The lowest BCUT2D eigenvalue weighted by Gasteiger charge is -2.24. The van der Waals surface area contributed by atoms with Crippen LogP contribution in [0.15, 0.2) is 36.5 Å². The molecule has 1 N–H and O–H groups in total. The third-order valence-corrected chi connectivity index (χ3v) is 10.9. The molecule has 0 heterocycles. The second-order valence-electron chi connectivity index (χ2n) is 16.8. The molecule has 330 valence electrons. The summed E-state index contributed by atoms with van der Waals surface area (Å²) in [4.78, 5) is 22.9. The molecule has 0 aliphatic carbocycles. The number of unbranched alkanes of at least 4 members (excludes halogenated alkanes) is 23. The van der Waals surface area contributed by atoms with E-state index in [4.69, 9.17) is 18.5 Å². The first-order valence-electron chi connectivity index (χ1n) is 23.2. The maximum atomic E-state index is 12.7. The SMILES string of the molecule is CCCC/C=C\C/C=C\CCCCCCCC(=O)OC(COCCCCCCCCCCCC/C=C\CCCCCCCC)COP(=O)(O)OCC[N+](C)(C)C. The van der Waals surface area contributed by atoms with Crippen LogP contribution in [0.1, 0.15) is 200 Å². The summed E-state index contributed by atoms with van der Waals surface area (Å²) >= 11 is 0. The number of hydrogen-bond acceptors (Lipinski definition) is 6. The predicted octanol–water partition coefficient (Wildman–Crippen LogP) is 13.8. The second kappa shape index (κ2) is 40.5. The third kappa shape index (κ3) is 43.8. The fourth-order valence-corrected chi connectivity index (χ4v) is 7.01. The predicted molar refractivity (Wildman–Crippen MR) is 238 cm³/mol. The summed E-state index contributed by atoms with van der Waals surface area (Å²) in [5, 5.41) is 0. The van der Waals surface area contributed by atoms with Gasteiger partial charge in [0.05, 0.1) is 34.4 Å². The van der Waals surface area contributed by atoms with Gasteiger partial charge in [-0.15, -0.1) is 0 Å². The Morgan fingerprint density at radius 3 is 1.52 bits per heavy atom. The molecule has 0 aliphatic heterocycles. The highest BCUT2D eigenvalue weighted by molar-refractivity contribution is 7.47. The van der Waals surface area contributed by atoms with Crippen molar-refractivity contribution in [1.29, 1.82) is 0 Å². The highest BCUT2D eigenvalue weighted by Gasteiger charge is 2.26. The lowest BCUT2D eigenvalue weighted by atomic mass is 10.1. The van der Waals surface area contributed by atoms with Crippen LogP contribution in [0.25, 0.3) is 0 Å². The molecule has 0 aromatic rings. The van der Waals surface area contributed by atoms with Gasteiger partial charge in [0.15, 0.2) is 0 Å². The van der Waals surface area contributed by atoms with Crippen molar-refractivity contribution in [1.82, 2.24) is 0 Å². The number of likely N-dealkylation sites (N-methyl/N-ethyl adjacent to an activating group) is 1. The fraction of sp³-hybridized carbons (Fsp3) is 0.851. The summed E-state index contributed by atoms with van der Waals surface area (Å²) in [6, 6.07) is 0. The largest absolute Gasteiger partial charge is 0.472 e. The van der Waals surface area contributed by atoms with Gasteiger partial charge in [0.25, 0.3) is 0 Å². The van der Waals surface area contributed by atoms with E-state index >= 15 is 0 Å². The van der Waals surface area contributed by atoms with Crippen molar-refractivity contribution < 1.29 is 37.3 Å².